The SMILES string of the molecule is CN(C)c1ccc(-c2cc3ncccc3[c]n2)cc1. The summed E-state index contributed by atoms with van der Waals surface area (Å²) in [6, 6.07) is 14.2. The molecule has 3 rings (SSSR count). The van der Waals surface area contributed by atoms with E-state index in [1.54, 1.807) is 6.20 Å². The van der Waals surface area contributed by atoms with Crippen LogP contribution in [0.3, 0.4) is 0 Å². The minimum Gasteiger partial charge on any atom is -0.378 e. The van der Waals surface area contributed by atoms with Gasteiger partial charge in [-0.25, -0.2) is 4.98 Å². The van der Waals surface area contributed by atoms with Crippen molar-refractivity contribution >= 4 is 16.6 Å². The molecule has 2 heterocycles. The fourth-order valence-corrected chi connectivity index (χ4v) is 1.99. The third kappa shape index (κ3) is 2.27. The molecule has 3 nitrogen and oxygen atoms in total. The maximum absolute atomic E-state index is 4.37. The van der Waals surface area contributed by atoms with Crippen LogP contribution in [0, 0.1) is 6.20 Å². The summed E-state index contributed by atoms with van der Waals surface area (Å²) in [5.74, 6) is 0. The highest BCUT2D eigenvalue weighted by molar-refractivity contribution is 5.81. The Morgan fingerprint density at radius 3 is 2.58 bits per heavy atom. The molecule has 0 unspecified atom stereocenters. The Hall–Kier alpha value is -2.42. The topological polar surface area (TPSA) is 29.0 Å². The third-order valence-corrected chi connectivity index (χ3v) is 3.09. The lowest BCUT2D eigenvalue weighted by molar-refractivity contribution is 1.13. The first-order chi connectivity index (χ1) is 9.24. The molecule has 0 fully saturated rings. The number of anilines is 1. The van der Waals surface area contributed by atoms with Gasteiger partial charge in [0.05, 0.1) is 17.4 Å². The van der Waals surface area contributed by atoms with E-state index in [0.717, 1.165) is 22.2 Å². The summed E-state index contributed by atoms with van der Waals surface area (Å²) >= 11 is 0. The Bertz CT molecular complexity index is 703. The first-order valence-electron chi connectivity index (χ1n) is 6.15. The van der Waals surface area contributed by atoms with Crippen LogP contribution >= 0.6 is 0 Å². The predicted octanol–water partition coefficient (Wildman–Crippen LogP) is 3.16. The van der Waals surface area contributed by atoms with Gasteiger partial charge in [-0.15, -0.1) is 0 Å². The Kier molecular flexibility index (Phi) is 2.88. The zero-order valence-corrected chi connectivity index (χ0v) is 11.0. The Morgan fingerprint density at radius 1 is 1.05 bits per heavy atom. The van der Waals surface area contributed by atoms with Crippen molar-refractivity contribution in [2.75, 3.05) is 19.0 Å². The van der Waals surface area contributed by atoms with Gasteiger partial charge < -0.3 is 4.90 Å². The van der Waals surface area contributed by atoms with Crippen molar-refractivity contribution in [3.63, 3.8) is 0 Å². The maximum atomic E-state index is 4.37. The van der Waals surface area contributed by atoms with E-state index in [4.69, 9.17) is 0 Å². The van der Waals surface area contributed by atoms with Crippen LogP contribution in [-0.2, 0) is 0 Å². The highest BCUT2D eigenvalue weighted by atomic mass is 15.1. The largest absolute Gasteiger partial charge is 0.378 e. The lowest BCUT2D eigenvalue weighted by Gasteiger charge is -2.12. The summed E-state index contributed by atoms with van der Waals surface area (Å²) in [4.78, 5) is 10.8. The monoisotopic (exact) mass is 248 g/mol. The van der Waals surface area contributed by atoms with E-state index in [1.165, 1.54) is 5.69 Å². The third-order valence-electron chi connectivity index (χ3n) is 3.09. The highest BCUT2D eigenvalue weighted by Gasteiger charge is 2.03. The number of hydrogen-bond donors (Lipinski definition) is 0. The zero-order chi connectivity index (χ0) is 13.2. The van der Waals surface area contributed by atoms with E-state index in [0.29, 0.717) is 0 Å². The molecule has 0 saturated heterocycles. The highest BCUT2D eigenvalue weighted by Crippen LogP contribution is 2.22. The number of hydrogen-bond acceptors (Lipinski definition) is 3. The molecule has 3 heteroatoms. The van der Waals surface area contributed by atoms with Crippen LogP contribution in [0.25, 0.3) is 22.2 Å². The van der Waals surface area contributed by atoms with E-state index in [2.05, 4.69) is 45.3 Å². The van der Waals surface area contributed by atoms with Crippen LogP contribution in [0.15, 0.2) is 48.7 Å². The molecular formula is C16H14N3. The van der Waals surface area contributed by atoms with Gasteiger partial charge in [-0.2, -0.15) is 0 Å². The fraction of sp³-hybridized carbons (Fsp3) is 0.125. The molecule has 19 heavy (non-hydrogen) atoms. The molecule has 0 spiro atoms. The summed E-state index contributed by atoms with van der Waals surface area (Å²) in [6.45, 7) is 0. The van der Waals surface area contributed by atoms with Crippen LogP contribution in [-0.4, -0.2) is 24.1 Å². The second kappa shape index (κ2) is 4.69. The van der Waals surface area contributed by atoms with Gasteiger partial charge in [0.25, 0.3) is 0 Å². The first-order valence-corrected chi connectivity index (χ1v) is 6.15. The van der Waals surface area contributed by atoms with Crippen molar-refractivity contribution in [3.8, 4) is 11.3 Å². The fourth-order valence-electron chi connectivity index (χ4n) is 1.99. The van der Waals surface area contributed by atoms with Crippen LogP contribution in [0.2, 0.25) is 0 Å². The second-order valence-electron chi connectivity index (χ2n) is 4.63. The Balaban J connectivity index is 2.03. The van der Waals surface area contributed by atoms with Gasteiger partial charge in [-0.05, 0) is 30.3 Å². The first kappa shape index (κ1) is 11.7. The molecule has 1 aromatic carbocycles. The lowest BCUT2D eigenvalue weighted by Crippen LogP contribution is -2.07. The number of pyridine rings is 2. The van der Waals surface area contributed by atoms with E-state index in [1.807, 2.05) is 32.3 Å². The number of rotatable bonds is 2. The molecule has 0 N–H and O–H groups in total. The van der Waals surface area contributed by atoms with Crippen molar-refractivity contribution in [2.45, 2.75) is 0 Å². The van der Waals surface area contributed by atoms with Gasteiger partial charge >= 0.3 is 0 Å². The summed E-state index contributed by atoms with van der Waals surface area (Å²) < 4.78 is 0. The minimum absolute atomic E-state index is 0.900. The molecule has 0 bridgehead atoms. The van der Waals surface area contributed by atoms with Crippen molar-refractivity contribution in [3.05, 3.63) is 54.9 Å². The van der Waals surface area contributed by atoms with E-state index < -0.39 is 0 Å². The number of aromatic nitrogens is 2. The maximum Gasteiger partial charge on any atom is 0.0994 e. The van der Waals surface area contributed by atoms with Crippen molar-refractivity contribution in [2.24, 2.45) is 0 Å². The average Bonchev–Trinajstić information content (AvgIpc) is 2.47. The molecule has 1 radical (unpaired) electrons. The summed E-state index contributed by atoms with van der Waals surface area (Å²) in [6.07, 6.45) is 4.82. The van der Waals surface area contributed by atoms with E-state index >= 15 is 0 Å². The standard InChI is InChI=1S/C16H14N3/c1-19(2)14-7-5-12(6-8-14)15-10-16-13(11-18-15)4-3-9-17-16/h3-10H,1-2H3. The van der Waals surface area contributed by atoms with Gasteiger partial charge in [0, 0.05) is 36.9 Å². The van der Waals surface area contributed by atoms with Gasteiger partial charge in [0.15, 0.2) is 0 Å². The van der Waals surface area contributed by atoms with Gasteiger partial charge in [0.2, 0.25) is 0 Å². The van der Waals surface area contributed by atoms with Crippen LogP contribution in [0.5, 0.6) is 0 Å². The average molecular weight is 248 g/mol. The molecule has 0 aliphatic rings. The smallest absolute Gasteiger partial charge is 0.0994 e. The summed E-state index contributed by atoms with van der Waals surface area (Å²) in [5, 5.41) is 0.941. The minimum atomic E-state index is 0.900. The van der Waals surface area contributed by atoms with Gasteiger partial charge in [0.1, 0.15) is 0 Å². The molecule has 93 valence electrons. The van der Waals surface area contributed by atoms with Crippen molar-refractivity contribution in [1.82, 2.24) is 9.97 Å². The quantitative estimate of drug-likeness (QED) is 0.697. The summed E-state index contributed by atoms with van der Waals surface area (Å²) in [5.41, 5.74) is 4.07. The molecule has 0 amide bonds. The number of benzene rings is 1. The second-order valence-corrected chi connectivity index (χ2v) is 4.63. The lowest BCUT2D eigenvalue weighted by atomic mass is 10.1. The van der Waals surface area contributed by atoms with Crippen LogP contribution in [0.1, 0.15) is 0 Å². The molecule has 0 aliphatic heterocycles. The molecule has 0 saturated carbocycles. The van der Waals surface area contributed by atoms with Crippen LogP contribution < -0.4 is 4.90 Å². The molecule has 0 aliphatic carbocycles. The molecule has 0 atom stereocenters. The molecule has 3 aromatic rings. The number of nitrogens with zero attached hydrogens (tertiary/aromatic N) is 3. The van der Waals surface area contributed by atoms with E-state index in [-0.39, 0.29) is 0 Å². The zero-order valence-electron chi connectivity index (χ0n) is 11.0. The Labute approximate surface area is 112 Å². The van der Waals surface area contributed by atoms with E-state index in [9.17, 15) is 0 Å². The normalized spacial score (nSPS) is 10.6. The van der Waals surface area contributed by atoms with Crippen molar-refractivity contribution < 1.29 is 0 Å². The molecular weight excluding hydrogens is 234 g/mol. The van der Waals surface area contributed by atoms with Crippen LogP contribution in [0.4, 0.5) is 5.69 Å². The van der Waals surface area contributed by atoms with Gasteiger partial charge in [-0.3, -0.25) is 4.98 Å². The molecule has 2 aromatic heterocycles. The Morgan fingerprint density at radius 2 is 1.84 bits per heavy atom. The summed E-state index contributed by atoms with van der Waals surface area (Å²) in [7, 11) is 4.06. The predicted molar refractivity (Wildman–Crippen MR) is 78.1 cm³/mol. The van der Waals surface area contributed by atoms with Gasteiger partial charge in [-0.1, -0.05) is 12.1 Å². The number of fused-ring (bicyclic) bond motifs is 1. The van der Waals surface area contributed by atoms with Crippen molar-refractivity contribution in [1.29, 1.82) is 0 Å².